The van der Waals surface area contributed by atoms with Gasteiger partial charge in [0.2, 0.25) is 5.79 Å². The van der Waals surface area contributed by atoms with Crippen LogP contribution in [0.4, 0.5) is 0 Å². The smallest absolute Gasteiger partial charge is 0.219 e. The first kappa shape index (κ1) is 28.2. The Hall–Kier alpha value is -3.36. The summed E-state index contributed by atoms with van der Waals surface area (Å²) in [7, 11) is 0. The molecule has 0 aliphatic carbocycles. The van der Waals surface area contributed by atoms with E-state index in [0.29, 0.717) is 19.8 Å². The maximum absolute atomic E-state index is 11.8. The molecule has 5 rings (SSSR count). The van der Waals surface area contributed by atoms with Crippen molar-refractivity contribution in [1.29, 1.82) is 0 Å². The second kappa shape index (κ2) is 14.3. The van der Waals surface area contributed by atoms with Crippen LogP contribution >= 0.6 is 0 Å². The van der Waals surface area contributed by atoms with E-state index in [2.05, 4.69) is 0 Å². The molecule has 0 unspecified atom stereocenters. The predicted molar refractivity (Wildman–Crippen MR) is 152 cm³/mol. The lowest BCUT2D eigenvalue weighted by Crippen LogP contribution is -2.64. The van der Waals surface area contributed by atoms with Crippen LogP contribution in [-0.4, -0.2) is 42.4 Å². The number of hydrogen-bond acceptors (Lipinski definition) is 6. The van der Waals surface area contributed by atoms with Gasteiger partial charge in [-0.2, -0.15) is 0 Å². The van der Waals surface area contributed by atoms with E-state index >= 15 is 0 Å². The number of benzene rings is 4. The lowest BCUT2D eigenvalue weighted by Gasteiger charge is -2.46. The van der Waals surface area contributed by atoms with Gasteiger partial charge in [0.25, 0.3) is 0 Å². The molecule has 6 heteroatoms. The first-order chi connectivity index (χ1) is 19.7. The second-order valence-corrected chi connectivity index (χ2v) is 9.95. The van der Waals surface area contributed by atoms with Gasteiger partial charge in [-0.25, -0.2) is 0 Å². The van der Waals surface area contributed by atoms with Gasteiger partial charge in [0.15, 0.2) is 0 Å². The SMILES string of the molecule is O[C@]1(COCc2ccccc2)OC[C@H](OCc2ccccc2)[C@@H](OCc2ccccc2)[C@H]1OCc1ccccc1. The molecule has 208 valence electrons. The predicted octanol–water partition coefficient (Wildman–Crippen LogP) is 5.68. The summed E-state index contributed by atoms with van der Waals surface area (Å²) < 4.78 is 31.3. The molecule has 6 nitrogen and oxygen atoms in total. The van der Waals surface area contributed by atoms with Crippen molar-refractivity contribution in [2.45, 2.75) is 50.5 Å². The summed E-state index contributed by atoms with van der Waals surface area (Å²) in [5.74, 6) is -1.74. The van der Waals surface area contributed by atoms with Crippen LogP contribution in [0.5, 0.6) is 0 Å². The molecule has 0 aromatic heterocycles. The van der Waals surface area contributed by atoms with Gasteiger partial charge in [-0.05, 0) is 22.3 Å². The Balaban J connectivity index is 1.36. The van der Waals surface area contributed by atoms with Crippen LogP contribution in [0.25, 0.3) is 0 Å². The highest BCUT2D eigenvalue weighted by Crippen LogP contribution is 2.32. The first-order valence-corrected chi connectivity index (χ1v) is 13.6. The molecule has 4 aromatic rings. The van der Waals surface area contributed by atoms with Crippen molar-refractivity contribution in [3.05, 3.63) is 144 Å². The van der Waals surface area contributed by atoms with Crippen LogP contribution < -0.4 is 0 Å². The Morgan fingerprint density at radius 3 is 1.50 bits per heavy atom. The number of ether oxygens (including phenoxy) is 5. The molecule has 0 radical (unpaired) electrons. The van der Waals surface area contributed by atoms with Gasteiger partial charge in [-0.3, -0.25) is 0 Å². The topological polar surface area (TPSA) is 66.4 Å². The maximum Gasteiger partial charge on any atom is 0.219 e. The molecule has 0 spiro atoms. The van der Waals surface area contributed by atoms with Gasteiger partial charge >= 0.3 is 0 Å². The maximum atomic E-state index is 11.8. The lowest BCUT2D eigenvalue weighted by atomic mass is 9.96. The van der Waals surface area contributed by atoms with Crippen molar-refractivity contribution in [2.24, 2.45) is 0 Å². The van der Waals surface area contributed by atoms with Crippen LogP contribution in [0.3, 0.4) is 0 Å². The monoisotopic (exact) mass is 540 g/mol. The van der Waals surface area contributed by atoms with E-state index < -0.39 is 24.1 Å². The Morgan fingerprint density at radius 1 is 0.575 bits per heavy atom. The average Bonchev–Trinajstić information content (AvgIpc) is 3.01. The van der Waals surface area contributed by atoms with E-state index in [4.69, 9.17) is 23.7 Å². The number of aliphatic hydroxyl groups is 1. The zero-order valence-electron chi connectivity index (χ0n) is 22.5. The van der Waals surface area contributed by atoms with Gasteiger partial charge < -0.3 is 28.8 Å². The summed E-state index contributed by atoms with van der Waals surface area (Å²) in [6, 6.07) is 39.6. The fraction of sp³-hybridized carbons (Fsp3) is 0.294. The Labute approximate surface area is 236 Å². The summed E-state index contributed by atoms with van der Waals surface area (Å²) in [6.07, 6.45) is -1.97. The normalized spacial score (nSPS) is 22.7. The van der Waals surface area contributed by atoms with Gasteiger partial charge in [0.1, 0.15) is 24.9 Å². The van der Waals surface area contributed by atoms with Crippen molar-refractivity contribution in [1.82, 2.24) is 0 Å². The molecule has 1 saturated heterocycles. The quantitative estimate of drug-likeness (QED) is 0.236. The molecule has 1 aliphatic rings. The fourth-order valence-electron chi connectivity index (χ4n) is 4.74. The largest absolute Gasteiger partial charge is 0.371 e. The molecule has 1 fully saturated rings. The van der Waals surface area contributed by atoms with E-state index in [1.165, 1.54) is 0 Å². The molecule has 0 bridgehead atoms. The van der Waals surface area contributed by atoms with Gasteiger partial charge in [-0.15, -0.1) is 0 Å². The lowest BCUT2D eigenvalue weighted by molar-refractivity contribution is -0.356. The van der Waals surface area contributed by atoms with Crippen molar-refractivity contribution < 1.29 is 28.8 Å². The van der Waals surface area contributed by atoms with Crippen molar-refractivity contribution >= 4 is 0 Å². The molecular formula is C34H36O6. The number of rotatable bonds is 13. The third-order valence-electron chi connectivity index (χ3n) is 6.89. The summed E-state index contributed by atoms with van der Waals surface area (Å²) >= 11 is 0. The average molecular weight is 541 g/mol. The Kier molecular flexibility index (Phi) is 10.1. The Bertz CT molecular complexity index is 1250. The standard InChI is InChI=1S/C34H36O6/c35-34(26-36-21-27-13-5-1-6-14-27)33(39-24-30-19-11-4-12-20-30)32(38-23-29-17-9-3-10-18-29)31(25-40-34)37-22-28-15-7-2-8-16-28/h1-20,31-33,35H,21-26H2/t31-,32+,33+,34+/m0/s1. The van der Waals surface area contributed by atoms with Crippen molar-refractivity contribution in [3.8, 4) is 0 Å². The summed E-state index contributed by atoms with van der Waals surface area (Å²) in [6.45, 7) is 1.37. The van der Waals surface area contributed by atoms with Gasteiger partial charge in [0, 0.05) is 0 Å². The summed E-state index contributed by atoms with van der Waals surface area (Å²) in [4.78, 5) is 0. The minimum Gasteiger partial charge on any atom is -0.371 e. The zero-order chi connectivity index (χ0) is 27.5. The fourth-order valence-corrected chi connectivity index (χ4v) is 4.74. The zero-order valence-corrected chi connectivity index (χ0v) is 22.5. The molecule has 4 aromatic carbocycles. The minimum atomic E-state index is -1.74. The van der Waals surface area contributed by atoms with Gasteiger partial charge in [-0.1, -0.05) is 121 Å². The Morgan fingerprint density at radius 2 is 1.00 bits per heavy atom. The first-order valence-electron chi connectivity index (χ1n) is 13.6. The minimum absolute atomic E-state index is 0.0854. The van der Waals surface area contributed by atoms with E-state index in [1.807, 2.05) is 121 Å². The van der Waals surface area contributed by atoms with Crippen LogP contribution in [0, 0.1) is 0 Å². The summed E-state index contributed by atoms with van der Waals surface area (Å²) in [5.41, 5.74) is 4.04. The third-order valence-corrected chi connectivity index (χ3v) is 6.89. The molecular weight excluding hydrogens is 504 g/mol. The van der Waals surface area contributed by atoms with E-state index in [0.717, 1.165) is 22.3 Å². The second-order valence-electron chi connectivity index (χ2n) is 9.95. The summed E-state index contributed by atoms with van der Waals surface area (Å²) in [5, 5.41) is 11.8. The molecule has 4 atom stereocenters. The van der Waals surface area contributed by atoms with Crippen molar-refractivity contribution in [2.75, 3.05) is 13.2 Å². The highest BCUT2D eigenvalue weighted by atomic mass is 16.7. The molecule has 1 aliphatic heterocycles. The molecule has 1 N–H and O–H groups in total. The van der Waals surface area contributed by atoms with E-state index in [-0.39, 0.29) is 19.8 Å². The highest BCUT2D eigenvalue weighted by Gasteiger charge is 2.52. The van der Waals surface area contributed by atoms with Crippen LogP contribution in [0.1, 0.15) is 22.3 Å². The van der Waals surface area contributed by atoms with E-state index in [1.54, 1.807) is 0 Å². The molecule has 0 saturated carbocycles. The number of hydrogen-bond donors (Lipinski definition) is 1. The van der Waals surface area contributed by atoms with Crippen molar-refractivity contribution in [3.63, 3.8) is 0 Å². The van der Waals surface area contributed by atoms with Gasteiger partial charge in [0.05, 0.1) is 33.0 Å². The van der Waals surface area contributed by atoms with Crippen LogP contribution in [0.15, 0.2) is 121 Å². The molecule has 1 heterocycles. The van der Waals surface area contributed by atoms with E-state index in [9.17, 15) is 5.11 Å². The van der Waals surface area contributed by atoms with Crippen LogP contribution in [0.2, 0.25) is 0 Å². The van der Waals surface area contributed by atoms with Crippen LogP contribution in [-0.2, 0) is 50.1 Å². The molecule has 0 amide bonds. The molecule has 40 heavy (non-hydrogen) atoms. The third kappa shape index (κ3) is 7.86. The highest BCUT2D eigenvalue weighted by molar-refractivity contribution is 5.16.